The highest BCUT2D eigenvalue weighted by molar-refractivity contribution is 7.14. The van der Waals surface area contributed by atoms with E-state index in [9.17, 15) is 14.0 Å². The van der Waals surface area contributed by atoms with Crippen LogP contribution in [0.4, 0.5) is 10.1 Å². The number of amides is 1. The molecule has 0 radical (unpaired) electrons. The van der Waals surface area contributed by atoms with Crippen LogP contribution in [0, 0.1) is 19.7 Å². The van der Waals surface area contributed by atoms with Crippen molar-refractivity contribution in [3.05, 3.63) is 50.5 Å². The van der Waals surface area contributed by atoms with Gasteiger partial charge in [0, 0.05) is 17.0 Å². The Balaban J connectivity index is 2.02. The molecule has 0 spiro atoms. The molecule has 0 aliphatic carbocycles. The predicted octanol–water partition coefficient (Wildman–Crippen LogP) is 3.62. The summed E-state index contributed by atoms with van der Waals surface area (Å²) in [6.45, 7) is 3.87. The Morgan fingerprint density at radius 3 is 2.67 bits per heavy atom. The van der Waals surface area contributed by atoms with Gasteiger partial charge in [-0.1, -0.05) is 0 Å². The first-order valence-electron chi connectivity index (χ1n) is 6.69. The zero-order chi connectivity index (χ0) is 15.1. The van der Waals surface area contributed by atoms with Crippen molar-refractivity contribution < 1.29 is 14.0 Å². The number of carbonyl (C=O) groups is 2. The van der Waals surface area contributed by atoms with Crippen LogP contribution in [0.5, 0.6) is 0 Å². The third-order valence-corrected chi connectivity index (χ3v) is 4.87. The molecule has 1 aromatic carbocycles. The number of hydrogen-bond acceptors (Lipinski definition) is 3. The minimum absolute atomic E-state index is 0.0751. The van der Waals surface area contributed by atoms with Crippen molar-refractivity contribution in [1.29, 1.82) is 0 Å². The first kappa shape index (κ1) is 13.9. The van der Waals surface area contributed by atoms with Crippen molar-refractivity contribution in [3.8, 4) is 0 Å². The first-order valence-corrected chi connectivity index (χ1v) is 7.51. The molecule has 0 saturated heterocycles. The third-order valence-electron chi connectivity index (χ3n) is 3.72. The zero-order valence-corrected chi connectivity index (χ0v) is 12.6. The molecule has 0 saturated carbocycles. The quantitative estimate of drug-likeness (QED) is 0.861. The SMILES string of the molecule is Cc1cc(C(=O)c2cc3c(cc2F)NC(=O)CC3)sc1C. The van der Waals surface area contributed by atoms with E-state index >= 15 is 0 Å². The van der Waals surface area contributed by atoms with E-state index in [1.54, 1.807) is 12.1 Å². The van der Waals surface area contributed by atoms with Crippen LogP contribution in [0.2, 0.25) is 0 Å². The number of halogens is 1. The van der Waals surface area contributed by atoms with Gasteiger partial charge in [-0.3, -0.25) is 9.59 Å². The normalized spacial score (nSPS) is 13.8. The van der Waals surface area contributed by atoms with Crippen LogP contribution in [0.1, 0.15) is 37.7 Å². The summed E-state index contributed by atoms with van der Waals surface area (Å²) in [7, 11) is 0. The van der Waals surface area contributed by atoms with Gasteiger partial charge >= 0.3 is 0 Å². The number of fused-ring (bicyclic) bond motifs is 1. The van der Waals surface area contributed by atoms with Crippen LogP contribution in [0.25, 0.3) is 0 Å². The molecule has 1 N–H and O–H groups in total. The zero-order valence-electron chi connectivity index (χ0n) is 11.7. The lowest BCUT2D eigenvalue weighted by molar-refractivity contribution is -0.116. The predicted molar refractivity (Wildman–Crippen MR) is 80.6 cm³/mol. The van der Waals surface area contributed by atoms with E-state index in [-0.39, 0.29) is 17.3 Å². The average Bonchev–Trinajstić information content (AvgIpc) is 2.77. The number of ketones is 1. The van der Waals surface area contributed by atoms with Crippen molar-refractivity contribution in [2.24, 2.45) is 0 Å². The fourth-order valence-electron chi connectivity index (χ4n) is 2.39. The van der Waals surface area contributed by atoms with Crippen LogP contribution in [0.3, 0.4) is 0 Å². The fraction of sp³-hybridized carbons (Fsp3) is 0.250. The Bertz CT molecular complexity index is 744. The Morgan fingerprint density at radius 1 is 1.24 bits per heavy atom. The van der Waals surface area contributed by atoms with Crippen LogP contribution in [-0.2, 0) is 11.2 Å². The molecule has 1 aliphatic heterocycles. The van der Waals surface area contributed by atoms with Crippen molar-refractivity contribution in [2.75, 3.05) is 5.32 Å². The second-order valence-corrected chi connectivity index (χ2v) is 6.47. The third kappa shape index (κ3) is 2.49. The van der Waals surface area contributed by atoms with E-state index < -0.39 is 5.82 Å². The van der Waals surface area contributed by atoms with Gasteiger partial charge in [-0.2, -0.15) is 0 Å². The van der Waals surface area contributed by atoms with Crippen molar-refractivity contribution in [2.45, 2.75) is 26.7 Å². The van der Waals surface area contributed by atoms with Gasteiger partial charge in [0.1, 0.15) is 5.82 Å². The summed E-state index contributed by atoms with van der Waals surface area (Å²) in [6.07, 6.45) is 0.897. The summed E-state index contributed by atoms with van der Waals surface area (Å²) in [4.78, 5) is 25.4. The van der Waals surface area contributed by atoms with Crippen LogP contribution in [-0.4, -0.2) is 11.7 Å². The highest BCUT2D eigenvalue weighted by atomic mass is 32.1. The number of rotatable bonds is 2. The smallest absolute Gasteiger partial charge is 0.224 e. The number of nitrogens with one attached hydrogen (secondary N) is 1. The molecule has 5 heteroatoms. The molecule has 3 rings (SSSR count). The Labute approximate surface area is 125 Å². The maximum Gasteiger partial charge on any atom is 0.224 e. The van der Waals surface area contributed by atoms with Gasteiger partial charge in [-0.05, 0) is 49.6 Å². The summed E-state index contributed by atoms with van der Waals surface area (Å²) in [5, 5.41) is 2.63. The molecule has 1 aliphatic rings. The van der Waals surface area contributed by atoms with Crippen molar-refractivity contribution >= 4 is 28.7 Å². The summed E-state index contributed by atoms with van der Waals surface area (Å²) in [5.41, 5.74) is 2.39. The van der Waals surface area contributed by atoms with Gasteiger partial charge in [0.2, 0.25) is 11.7 Å². The molecule has 3 nitrogen and oxygen atoms in total. The summed E-state index contributed by atoms with van der Waals surface area (Å²) >= 11 is 1.38. The number of hydrogen-bond donors (Lipinski definition) is 1. The molecule has 108 valence electrons. The Morgan fingerprint density at radius 2 is 2.00 bits per heavy atom. The number of thiophene rings is 1. The summed E-state index contributed by atoms with van der Waals surface area (Å²) < 4.78 is 14.2. The highest BCUT2D eigenvalue weighted by Gasteiger charge is 2.22. The second-order valence-electron chi connectivity index (χ2n) is 5.22. The molecule has 0 bridgehead atoms. The molecule has 0 fully saturated rings. The molecule has 21 heavy (non-hydrogen) atoms. The topological polar surface area (TPSA) is 46.2 Å². The van der Waals surface area contributed by atoms with Gasteiger partial charge in [0.25, 0.3) is 0 Å². The van der Waals surface area contributed by atoms with Gasteiger partial charge in [-0.15, -0.1) is 11.3 Å². The van der Waals surface area contributed by atoms with Crippen LogP contribution in [0.15, 0.2) is 18.2 Å². The molecular formula is C16H14FNO2S. The van der Waals surface area contributed by atoms with Crippen molar-refractivity contribution in [3.63, 3.8) is 0 Å². The molecular weight excluding hydrogens is 289 g/mol. The Hall–Kier alpha value is -2.01. The van der Waals surface area contributed by atoms with Crippen LogP contribution < -0.4 is 5.32 Å². The van der Waals surface area contributed by atoms with Gasteiger partial charge < -0.3 is 5.32 Å². The summed E-state index contributed by atoms with van der Waals surface area (Å²) in [6, 6.07) is 4.60. The van der Waals surface area contributed by atoms with Crippen molar-refractivity contribution in [1.82, 2.24) is 0 Å². The van der Waals surface area contributed by atoms with Crippen LogP contribution >= 0.6 is 11.3 Å². The number of anilines is 1. The van der Waals surface area contributed by atoms with E-state index in [1.807, 2.05) is 13.8 Å². The maximum atomic E-state index is 14.2. The average molecular weight is 303 g/mol. The van der Waals surface area contributed by atoms with Gasteiger partial charge in [-0.25, -0.2) is 4.39 Å². The molecule has 2 heterocycles. The van der Waals surface area contributed by atoms with E-state index in [2.05, 4.69) is 5.32 Å². The Kier molecular flexibility index (Phi) is 3.37. The largest absolute Gasteiger partial charge is 0.326 e. The molecule has 0 unspecified atom stereocenters. The molecule has 2 aromatic rings. The standard InChI is InChI=1S/C16H14FNO2S/c1-8-5-14(21-9(8)2)16(20)11-6-10-3-4-15(19)18-13(10)7-12(11)17/h5-7H,3-4H2,1-2H3,(H,18,19). The maximum absolute atomic E-state index is 14.2. The molecule has 1 aromatic heterocycles. The van der Waals surface area contributed by atoms with E-state index in [0.717, 1.165) is 16.0 Å². The molecule has 1 amide bonds. The fourth-order valence-corrected chi connectivity index (χ4v) is 3.38. The lowest BCUT2D eigenvalue weighted by atomic mass is 9.97. The number of carbonyl (C=O) groups excluding carboxylic acids is 2. The minimum atomic E-state index is -0.593. The number of aryl methyl sites for hydroxylation is 3. The van der Waals surface area contributed by atoms with E-state index in [0.29, 0.717) is 23.4 Å². The van der Waals surface area contributed by atoms with E-state index in [4.69, 9.17) is 0 Å². The number of benzene rings is 1. The first-order chi connectivity index (χ1) is 9.95. The minimum Gasteiger partial charge on any atom is -0.326 e. The van der Waals surface area contributed by atoms with Gasteiger partial charge in [0.05, 0.1) is 10.4 Å². The van der Waals surface area contributed by atoms with Gasteiger partial charge in [0.15, 0.2) is 0 Å². The monoisotopic (exact) mass is 303 g/mol. The summed E-state index contributed by atoms with van der Waals surface area (Å²) in [5.74, 6) is -1.01. The lowest BCUT2D eigenvalue weighted by Gasteiger charge is -2.17. The second kappa shape index (κ2) is 5.07. The lowest BCUT2D eigenvalue weighted by Crippen LogP contribution is -2.20. The molecule has 0 atom stereocenters. The highest BCUT2D eigenvalue weighted by Crippen LogP contribution is 2.29. The van der Waals surface area contributed by atoms with E-state index in [1.165, 1.54) is 17.4 Å².